The van der Waals surface area contributed by atoms with Crippen molar-refractivity contribution in [2.75, 3.05) is 5.32 Å². The lowest BCUT2D eigenvalue weighted by atomic mass is 9.93. The molecular weight excluding hydrogens is 674 g/mol. The topological polar surface area (TPSA) is 122 Å². The number of nitrogens with one attached hydrogen (secondary N) is 2. The molecule has 2 N–H and O–H groups in total. The molecule has 1 atom stereocenters. The summed E-state index contributed by atoms with van der Waals surface area (Å²) in [6.07, 6.45) is 1.66. The van der Waals surface area contributed by atoms with E-state index < -0.39 is 6.04 Å². The molecule has 2 aromatic carbocycles. The van der Waals surface area contributed by atoms with E-state index in [9.17, 15) is 14.4 Å². The Kier molecular flexibility index (Phi) is 8.63. The lowest BCUT2D eigenvalue weighted by molar-refractivity contribution is -0.113. The Hall–Kier alpha value is -4.26. The molecule has 6 rings (SSSR count). The molecule has 228 valence electrons. The van der Waals surface area contributed by atoms with Gasteiger partial charge in [-0.25, -0.2) is 9.98 Å². The third-order valence-corrected chi connectivity index (χ3v) is 9.91. The van der Waals surface area contributed by atoms with Gasteiger partial charge in [0.25, 0.3) is 17.0 Å². The SMILES string of the molecule is CC1=C(C(=O)Nc2ccccc2)[C@H](c2ccc(C(C)C)cc2)n2c(s/c(=C/c3cc(Br)c(Sc4nc(C)cc(=O)[nH]4)o3)c2=O)=N1. The third kappa shape index (κ3) is 6.44. The van der Waals surface area contributed by atoms with Crippen molar-refractivity contribution in [3.63, 3.8) is 0 Å². The number of carbonyl (C=O) groups excluding carboxylic acids is 1. The highest BCUT2D eigenvalue weighted by Crippen LogP contribution is 2.35. The second-order valence-electron chi connectivity index (χ2n) is 10.8. The number of anilines is 1. The Labute approximate surface area is 274 Å². The highest BCUT2D eigenvalue weighted by atomic mass is 79.9. The van der Waals surface area contributed by atoms with Crippen LogP contribution in [-0.2, 0) is 4.79 Å². The Morgan fingerprint density at radius 2 is 1.84 bits per heavy atom. The average molecular weight is 703 g/mol. The summed E-state index contributed by atoms with van der Waals surface area (Å²) in [5, 5.41) is 3.84. The number of aromatic amines is 1. The van der Waals surface area contributed by atoms with Gasteiger partial charge >= 0.3 is 0 Å². The smallest absolute Gasteiger partial charge is 0.271 e. The van der Waals surface area contributed by atoms with E-state index in [1.54, 1.807) is 30.6 Å². The van der Waals surface area contributed by atoms with Gasteiger partial charge in [-0.1, -0.05) is 67.6 Å². The first-order valence-corrected chi connectivity index (χ1v) is 16.5. The van der Waals surface area contributed by atoms with Crippen molar-refractivity contribution in [3.8, 4) is 0 Å². The zero-order valence-electron chi connectivity index (χ0n) is 24.8. The number of allylic oxidation sites excluding steroid dienone is 1. The number of thiazole rings is 1. The second kappa shape index (κ2) is 12.6. The van der Waals surface area contributed by atoms with Crippen molar-refractivity contribution in [1.29, 1.82) is 0 Å². The Balaban J connectivity index is 1.43. The molecule has 12 heteroatoms. The first kappa shape index (κ1) is 30.8. The fourth-order valence-electron chi connectivity index (χ4n) is 5.04. The number of amides is 1. The molecule has 5 aromatic rings. The molecule has 3 aromatic heterocycles. The molecule has 0 aliphatic carbocycles. The minimum atomic E-state index is -0.688. The Morgan fingerprint density at radius 1 is 1.11 bits per heavy atom. The highest BCUT2D eigenvalue weighted by molar-refractivity contribution is 9.10. The van der Waals surface area contributed by atoms with Crippen LogP contribution in [0.2, 0.25) is 0 Å². The number of halogens is 1. The van der Waals surface area contributed by atoms with Crippen molar-refractivity contribution in [3.05, 3.63) is 135 Å². The van der Waals surface area contributed by atoms with Gasteiger partial charge in [0.1, 0.15) is 5.76 Å². The van der Waals surface area contributed by atoms with Crippen molar-refractivity contribution >= 4 is 56.7 Å². The Bertz CT molecular complexity index is 2200. The van der Waals surface area contributed by atoms with Crippen LogP contribution in [0.1, 0.15) is 55.3 Å². The first-order valence-electron chi connectivity index (χ1n) is 14.1. The zero-order chi connectivity index (χ0) is 31.8. The van der Waals surface area contributed by atoms with Gasteiger partial charge in [0.15, 0.2) is 15.1 Å². The van der Waals surface area contributed by atoms with Crippen LogP contribution in [0.5, 0.6) is 0 Å². The molecule has 45 heavy (non-hydrogen) atoms. The minimum absolute atomic E-state index is 0.255. The fraction of sp³-hybridized carbons (Fsp3) is 0.182. The van der Waals surface area contributed by atoms with E-state index in [2.05, 4.69) is 45.1 Å². The van der Waals surface area contributed by atoms with Crippen molar-refractivity contribution in [2.45, 2.75) is 49.9 Å². The minimum Gasteiger partial charge on any atom is -0.449 e. The van der Waals surface area contributed by atoms with Crippen LogP contribution in [0.15, 0.2) is 112 Å². The third-order valence-electron chi connectivity index (χ3n) is 7.20. The van der Waals surface area contributed by atoms with Crippen molar-refractivity contribution in [2.24, 2.45) is 4.99 Å². The fourth-order valence-corrected chi connectivity index (χ4v) is 7.42. The normalized spacial score (nSPS) is 14.9. The molecule has 1 aliphatic heterocycles. The van der Waals surface area contributed by atoms with Gasteiger partial charge in [-0.15, -0.1) is 0 Å². The number of aromatic nitrogens is 3. The van der Waals surface area contributed by atoms with Gasteiger partial charge in [-0.2, -0.15) is 0 Å². The second-order valence-corrected chi connectivity index (χ2v) is 13.6. The summed E-state index contributed by atoms with van der Waals surface area (Å²) in [6.45, 7) is 7.78. The molecule has 0 fully saturated rings. The molecular formula is C33H28BrN5O4S2. The van der Waals surface area contributed by atoms with Crippen molar-refractivity contribution < 1.29 is 9.21 Å². The Morgan fingerprint density at radius 3 is 2.53 bits per heavy atom. The van der Waals surface area contributed by atoms with E-state index in [-0.39, 0.29) is 17.0 Å². The summed E-state index contributed by atoms with van der Waals surface area (Å²) >= 11 is 5.90. The molecule has 0 saturated carbocycles. The van der Waals surface area contributed by atoms with Gasteiger partial charge in [0.2, 0.25) is 0 Å². The molecule has 4 heterocycles. The molecule has 1 amide bonds. The molecule has 0 spiro atoms. The average Bonchev–Trinajstić information content (AvgIpc) is 3.49. The van der Waals surface area contributed by atoms with Crippen LogP contribution in [0.3, 0.4) is 0 Å². The number of hydrogen-bond donors (Lipinski definition) is 2. The van der Waals surface area contributed by atoms with E-state index in [0.29, 0.717) is 58.4 Å². The number of nitrogens with zero attached hydrogens (tertiary/aromatic N) is 3. The molecule has 1 aliphatic rings. The van der Waals surface area contributed by atoms with Crippen LogP contribution in [0, 0.1) is 6.92 Å². The van der Waals surface area contributed by atoms with E-state index in [1.165, 1.54) is 17.4 Å². The summed E-state index contributed by atoms with van der Waals surface area (Å²) < 4.78 is 8.67. The maximum Gasteiger partial charge on any atom is 0.271 e. The molecule has 0 bridgehead atoms. The number of furan rings is 1. The summed E-state index contributed by atoms with van der Waals surface area (Å²) in [7, 11) is 0. The molecule has 0 saturated heterocycles. The van der Waals surface area contributed by atoms with Gasteiger partial charge in [0, 0.05) is 23.5 Å². The largest absolute Gasteiger partial charge is 0.449 e. The van der Waals surface area contributed by atoms with E-state index >= 15 is 0 Å². The van der Waals surface area contributed by atoms with Crippen molar-refractivity contribution in [1.82, 2.24) is 14.5 Å². The van der Waals surface area contributed by atoms with Gasteiger partial charge < -0.3 is 14.7 Å². The number of carbonyl (C=O) groups is 1. The number of benzene rings is 2. The van der Waals surface area contributed by atoms with E-state index in [4.69, 9.17) is 9.41 Å². The maximum atomic E-state index is 14.1. The quantitative estimate of drug-likeness (QED) is 0.204. The first-order chi connectivity index (χ1) is 21.6. The van der Waals surface area contributed by atoms with E-state index in [1.807, 2.05) is 54.6 Å². The van der Waals surface area contributed by atoms with Crippen LogP contribution < -0.4 is 25.8 Å². The van der Waals surface area contributed by atoms with E-state index in [0.717, 1.165) is 22.9 Å². The number of rotatable bonds is 7. The van der Waals surface area contributed by atoms with Crippen LogP contribution in [-0.4, -0.2) is 20.4 Å². The van der Waals surface area contributed by atoms with Gasteiger partial charge in [-0.05, 0) is 76.8 Å². The number of hydrogen-bond acceptors (Lipinski definition) is 8. The summed E-state index contributed by atoms with van der Waals surface area (Å²) in [5.41, 5.74) is 3.59. The van der Waals surface area contributed by atoms with Gasteiger partial charge in [0.05, 0.1) is 26.3 Å². The predicted molar refractivity (Wildman–Crippen MR) is 179 cm³/mol. The summed E-state index contributed by atoms with van der Waals surface area (Å²) in [6, 6.07) is 19.7. The molecule has 9 nitrogen and oxygen atoms in total. The summed E-state index contributed by atoms with van der Waals surface area (Å²) in [4.78, 5) is 52.0. The molecule has 0 radical (unpaired) electrons. The van der Waals surface area contributed by atoms with Crippen LogP contribution >= 0.6 is 39.0 Å². The number of fused-ring (bicyclic) bond motifs is 1. The maximum absolute atomic E-state index is 14.1. The standard InChI is InChI=1S/C33H28BrN5O4S2/c1-17(2)20-10-12-21(13-11-20)28-27(29(41)37-22-8-6-5-7-9-22)19(4)36-33-39(28)30(42)25(44-33)16-23-15-24(34)31(43-23)45-32-35-18(3)14-26(40)38-32/h5-17,28H,1-4H3,(H,37,41)(H,35,38,40)/b25-16+/t28-/m0/s1. The number of aryl methyl sites for hydroxylation is 1. The molecule has 0 unspecified atom stereocenters. The monoisotopic (exact) mass is 701 g/mol. The lowest BCUT2D eigenvalue weighted by Crippen LogP contribution is -2.40. The highest BCUT2D eigenvalue weighted by Gasteiger charge is 2.32. The predicted octanol–water partition coefficient (Wildman–Crippen LogP) is 5.90. The zero-order valence-corrected chi connectivity index (χ0v) is 28.0. The lowest BCUT2D eigenvalue weighted by Gasteiger charge is -2.25. The number of H-pyrrole nitrogens is 1. The number of para-hydroxylation sites is 1. The van der Waals surface area contributed by atoms with Crippen LogP contribution in [0.25, 0.3) is 6.08 Å². The van der Waals surface area contributed by atoms with Crippen LogP contribution in [0.4, 0.5) is 5.69 Å². The van der Waals surface area contributed by atoms with Gasteiger partial charge in [-0.3, -0.25) is 19.0 Å². The summed E-state index contributed by atoms with van der Waals surface area (Å²) in [5.74, 6) is 0.436.